The van der Waals surface area contributed by atoms with Crippen molar-refractivity contribution in [3.63, 3.8) is 0 Å². The Balaban J connectivity index is 2.21. The number of hydrogen-bond donors (Lipinski definition) is 0. The smallest absolute Gasteiger partial charge is 0.224 e. The van der Waals surface area contributed by atoms with Gasteiger partial charge in [-0.3, -0.25) is 4.79 Å². The first-order valence-corrected chi connectivity index (χ1v) is 9.44. The van der Waals surface area contributed by atoms with Crippen molar-refractivity contribution in [2.75, 3.05) is 0 Å². The van der Waals surface area contributed by atoms with Gasteiger partial charge in [0.15, 0.2) is 5.55 Å². The van der Waals surface area contributed by atoms with E-state index in [9.17, 15) is 4.79 Å². The number of benzene rings is 1. The third-order valence-corrected chi connectivity index (χ3v) is 6.36. The van der Waals surface area contributed by atoms with Gasteiger partial charge < -0.3 is 4.74 Å². The van der Waals surface area contributed by atoms with Crippen molar-refractivity contribution >= 4 is 40.2 Å². The van der Waals surface area contributed by atoms with Crippen LogP contribution in [-0.2, 0) is 9.53 Å². The Morgan fingerprint density at radius 2 is 1.74 bits per heavy atom. The molecule has 2 aliphatic rings. The number of rotatable bonds is 3. The first kappa shape index (κ1) is 16.7. The number of carbonyl (C=O) groups excluding carboxylic acids is 1. The topological polar surface area (TPSA) is 26.3 Å². The molecular formula is C19H22O2S2. The van der Waals surface area contributed by atoms with Crippen molar-refractivity contribution < 1.29 is 9.53 Å². The van der Waals surface area contributed by atoms with Crippen molar-refractivity contribution in [2.45, 2.75) is 57.6 Å². The van der Waals surface area contributed by atoms with Gasteiger partial charge in [-0.25, -0.2) is 0 Å². The molecular weight excluding hydrogens is 324 g/mol. The van der Waals surface area contributed by atoms with Crippen LogP contribution in [0.1, 0.15) is 54.4 Å². The standard InChI is InChI=1S/C19H22O2S2/c1-12-9-13(2)15(14(3)10-12)16-17(21-11-22)19(23-18(16)20)7-5-4-6-8-19/h9-11H,4-8H2,1-3H3. The lowest BCUT2D eigenvalue weighted by Gasteiger charge is -2.33. The lowest BCUT2D eigenvalue weighted by atomic mass is 9.83. The van der Waals surface area contributed by atoms with Gasteiger partial charge in [-0.05, 0) is 62.5 Å². The Morgan fingerprint density at radius 3 is 2.30 bits per heavy atom. The maximum absolute atomic E-state index is 12.9. The van der Waals surface area contributed by atoms with Crippen LogP contribution in [0.2, 0.25) is 0 Å². The molecule has 4 heteroatoms. The molecule has 0 bridgehead atoms. The second kappa shape index (κ2) is 6.40. The van der Waals surface area contributed by atoms with Gasteiger partial charge in [0, 0.05) is 0 Å². The average Bonchev–Trinajstić information content (AvgIpc) is 2.72. The third-order valence-electron chi connectivity index (χ3n) is 4.89. The molecule has 0 amide bonds. The van der Waals surface area contributed by atoms with Gasteiger partial charge in [-0.2, -0.15) is 0 Å². The van der Waals surface area contributed by atoms with Crippen LogP contribution in [0.5, 0.6) is 0 Å². The molecule has 0 atom stereocenters. The van der Waals surface area contributed by atoms with Crippen LogP contribution < -0.4 is 0 Å². The second-order valence-electron chi connectivity index (χ2n) is 6.64. The van der Waals surface area contributed by atoms with E-state index in [0.29, 0.717) is 0 Å². The number of aryl methyl sites for hydroxylation is 3. The molecule has 3 rings (SSSR count). The molecule has 1 aliphatic heterocycles. The summed E-state index contributed by atoms with van der Waals surface area (Å²) in [5, 5.41) is 0.133. The Kier molecular flexibility index (Phi) is 4.65. The van der Waals surface area contributed by atoms with Gasteiger partial charge in [-0.15, -0.1) is 0 Å². The fourth-order valence-corrected chi connectivity index (χ4v) is 5.54. The summed E-state index contributed by atoms with van der Waals surface area (Å²) in [4.78, 5) is 12.9. The first-order chi connectivity index (χ1) is 11.0. The van der Waals surface area contributed by atoms with Crippen LogP contribution in [0.3, 0.4) is 0 Å². The molecule has 0 N–H and O–H groups in total. The van der Waals surface area contributed by atoms with Crippen LogP contribution in [-0.4, -0.2) is 15.4 Å². The summed E-state index contributed by atoms with van der Waals surface area (Å²) in [6.45, 7) is 6.22. The van der Waals surface area contributed by atoms with E-state index in [-0.39, 0.29) is 9.86 Å². The van der Waals surface area contributed by atoms with Crippen molar-refractivity contribution in [1.82, 2.24) is 0 Å². The second-order valence-corrected chi connectivity index (χ2v) is 8.19. The number of ether oxygens (including phenoxy) is 1. The molecule has 0 saturated heterocycles. The molecule has 1 saturated carbocycles. The van der Waals surface area contributed by atoms with Gasteiger partial charge in [0.2, 0.25) is 5.12 Å². The molecule has 1 spiro atoms. The van der Waals surface area contributed by atoms with Crippen molar-refractivity contribution in [2.24, 2.45) is 0 Å². The number of hydrogen-bond acceptors (Lipinski definition) is 4. The van der Waals surface area contributed by atoms with E-state index in [1.807, 2.05) is 0 Å². The van der Waals surface area contributed by atoms with Crippen molar-refractivity contribution in [3.8, 4) is 0 Å². The van der Waals surface area contributed by atoms with E-state index in [1.165, 1.54) is 29.3 Å². The predicted molar refractivity (Wildman–Crippen MR) is 101 cm³/mol. The van der Waals surface area contributed by atoms with Gasteiger partial charge in [-0.1, -0.05) is 48.7 Å². The van der Waals surface area contributed by atoms with Crippen LogP contribution in [0.25, 0.3) is 5.57 Å². The van der Waals surface area contributed by atoms with E-state index < -0.39 is 0 Å². The summed E-state index contributed by atoms with van der Waals surface area (Å²) in [7, 11) is 0. The fraction of sp³-hybridized carbons (Fsp3) is 0.474. The minimum atomic E-state index is -0.205. The molecule has 1 heterocycles. The summed E-state index contributed by atoms with van der Waals surface area (Å²) in [6, 6.07) is 4.27. The molecule has 1 fully saturated rings. The summed E-state index contributed by atoms with van der Waals surface area (Å²) >= 11 is 6.42. The van der Waals surface area contributed by atoms with Crippen LogP contribution in [0.4, 0.5) is 0 Å². The molecule has 23 heavy (non-hydrogen) atoms. The SMILES string of the molecule is Cc1cc(C)c(C2=C(OC=S)C3(CCCCC3)SC2=O)c(C)c1. The molecule has 0 radical (unpaired) electrons. The first-order valence-electron chi connectivity index (χ1n) is 8.15. The Bertz CT molecular complexity index is 674. The lowest BCUT2D eigenvalue weighted by molar-refractivity contribution is -0.106. The van der Waals surface area contributed by atoms with E-state index in [4.69, 9.17) is 17.0 Å². The van der Waals surface area contributed by atoms with Crippen molar-refractivity contribution in [3.05, 3.63) is 40.1 Å². The summed E-state index contributed by atoms with van der Waals surface area (Å²) < 4.78 is 5.60. The zero-order chi connectivity index (χ0) is 16.6. The average molecular weight is 347 g/mol. The number of carbonyl (C=O) groups is 1. The highest BCUT2D eigenvalue weighted by atomic mass is 32.2. The number of thiocarbonyl (C=S) groups is 1. The highest BCUT2D eigenvalue weighted by molar-refractivity contribution is 8.16. The largest absolute Gasteiger partial charge is 0.456 e. The minimum absolute atomic E-state index is 0.133. The number of thioether (sulfide) groups is 1. The van der Waals surface area contributed by atoms with Gasteiger partial charge in [0.1, 0.15) is 5.76 Å². The summed E-state index contributed by atoms with van der Waals surface area (Å²) in [6.07, 6.45) is 5.51. The molecule has 1 aliphatic carbocycles. The van der Waals surface area contributed by atoms with E-state index in [2.05, 4.69) is 32.9 Å². The van der Waals surface area contributed by atoms with E-state index in [0.717, 1.165) is 53.7 Å². The monoisotopic (exact) mass is 346 g/mol. The minimum Gasteiger partial charge on any atom is -0.456 e. The van der Waals surface area contributed by atoms with E-state index >= 15 is 0 Å². The highest BCUT2D eigenvalue weighted by Gasteiger charge is 2.49. The predicted octanol–water partition coefficient (Wildman–Crippen LogP) is 5.27. The zero-order valence-electron chi connectivity index (χ0n) is 13.9. The van der Waals surface area contributed by atoms with Gasteiger partial charge in [0.05, 0.1) is 10.3 Å². The Morgan fingerprint density at radius 1 is 1.13 bits per heavy atom. The Hall–Kier alpha value is -1.13. The van der Waals surface area contributed by atoms with E-state index in [1.54, 1.807) is 0 Å². The zero-order valence-corrected chi connectivity index (χ0v) is 15.5. The third kappa shape index (κ3) is 2.87. The maximum atomic E-state index is 12.9. The van der Waals surface area contributed by atoms with Gasteiger partial charge in [0.25, 0.3) is 0 Å². The normalized spacial score (nSPS) is 20.2. The molecule has 122 valence electrons. The summed E-state index contributed by atoms with van der Waals surface area (Å²) in [5.74, 6) is 0.803. The van der Waals surface area contributed by atoms with Crippen molar-refractivity contribution in [1.29, 1.82) is 0 Å². The lowest BCUT2D eigenvalue weighted by Crippen LogP contribution is -2.29. The molecule has 1 aromatic carbocycles. The molecule has 2 nitrogen and oxygen atoms in total. The summed E-state index contributed by atoms with van der Waals surface area (Å²) in [5.41, 5.74) is 6.56. The Labute approximate surface area is 147 Å². The van der Waals surface area contributed by atoms with Crippen LogP contribution in [0.15, 0.2) is 17.9 Å². The molecule has 0 aromatic heterocycles. The molecule has 1 aromatic rings. The van der Waals surface area contributed by atoms with Crippen LogP contribution in [0, 0.1) is 20.8 Å². The fourth-order valence-electron chi connectivity index (χ4n) is 4.05. The van der Waals surface area contributed by atoms with Crippen LogP contribution >= 0.6 is 24.0 Å². The quantitative estimate of drug-likeness (QED) is 0.696. The highest BCUT2D eigenvalue weighted by Crippen LogP contribution is 2.55. The van der Waals surface area contributed by atoms with Gasteiger partial charge >= 0.3 is 0 Å². The maximum Gasteiger partial charge on any atom is 0.224 e. The molecule has 0 unspecified atom stereocenters.